The number of benzene rings is 1. The van der Waals surface area contributed by atoms with Crippen molar-refractivity contribution in [3.63, 3.8) is 0 Å². The predicted octanol–water partition coefficient (Wildman–Crippen LogP) is 3.15. The standard InChI is InChI=1S/C18H30N4/c1-14-6-4-8-22(13-14)9-5-7-20-18(19)21-17-11-15(2)10-16(3)12-17/h10-12,14H,4-9,13H2,1-3H3,(H3,19,20,21). The van der Waals surface area contributed by atoms with Gasteiger partial charge in [-0.05, 0) is 75.4 Å². The topological polar surface area (TPSA) is 53.6 Å². The Hall–Kier alpha value is -1.55. The molecule has 1 aromatic rings. The first-order valence-corrected chi connectivity index (χ1v) is 8.40. The molecule has 1 saturated heterocycles. The van der Waals surface area contributed by atoms with E-state index in [1.165, 1.54) is 37.1 Å². The Kier molecular flexibility index (Phi) is 6.25. The number of nitrogens with two attached hydrogens (primary N) is 1. The number of likely N-dealkylation sites (tertiary alicyclic amines) is 1. The van der Waals surface area contributed by atoms with E-state index >= 15 is 0 Å². The van der Waals surface area contributed by atoms with Crippen LogP contribution in [0.25, 0.3) is 0 Å². The van der Waals surface area contributed by atoms with Gasteiger partial charge in [0.05, 0.1) is 0 Å². The van der Waals surface area contributed by atoms with Crippen molar-refractivity contribution in [1.29, 1.82) is 0 Å². The van der Waals surface area contributed by atoms with Crippen molar-refractivity contribution in [2.45, 2.75) is 40.0 Å². The maximum absolute atomic E-state index is 5.97. The third-order valence-corrected chi connectivity index (χ3v) is 4.15. The molecule has 22 heavy (non-hydrogen) atoms. The van der Waals surface area contributed by atoms with Gasteiger partial charge in [-0.15, -0.1) is 0 Å². The molecule has 0 spiro atoms. The lowest BCUT2D eigenvalue weighted by Gasteiger charge is -2.30. The summed E-state index contributed by atoms with van der Waals surface area (Å²) >= 11 is 0. The molecule has 0 aliphatic carbocycles. The minimum atomic E-state index is 0.511. The van der Waals surface area contributed by atoms with Crippen molar-refractivity contribution in [3.05, 3.63) is 29.3 Å². The Morgan fingerprint density at radius 2 is 2.05 bits per heavy atom. The number of hydrogen-bond donors (Lipinski definition) is 2. The van der Waals surface area contributed by atoms with Crippen molar-refractivity contribution in [2.24, 2.45) is 16.6 Å². The molecule has 1 aliphatic heterocycles. The highest BCUT2D eigenvalue weighted by atomic mass is 15.1. The minimum absolute atomic E-state index is 0.511. The average Bonchev–Trinajstić information content (AvgIpc) is 2.42. The van der Waals surface area contributed by atoms with Crippen molar-refractivity contribution in [3.8, 4) is 0 Å². The molecule has 0 amide bonds. The molecule has 0 radical (unpaired) electrons. The number of hydrogen-bond acceptors (Lipinski definition) is 2. The van der Waals surface area contributed by atoms with Gasteiger partial charge in [-0.3, -0.25) is 4.99 Å². The summed E-state index contributed by atoms with van der Waals surface area (Å²) in [5.41, 5.74) is 9.45. The molecule has 1 fully saturated rings. The van der Waals surface area contributed by atoms with Crippen LogP contribution in [-0.2, 0) is 0 Å². The summed E-state index contributed by atoms with van der Waals surface area (Å²) in [7, 11) is 0. The molecule has 1 atom stereocenters. The van der Waals surface area contributed by atoms with Crippen molar-refractivity contribution in [2.75, 3.05) is 31.5 Å². The van der Waals surface area contributed by atoms with Crippen LogP contribution in [0.5, 0.6) is 0 Å². The van der Waals surface area contributed by atoms with Gasteiger partial charge in [-0.2, -0.15) is 0 Å². The van der Waals surface area contributed by atoms with Crippen LogP contribution in [0.3, 0.4) is 0 Å². The maximum atomic E-state index is 5.97. The monoisotopic (exact) mass is 302 g/mol. The van der Waals surface area contributed by atoms with E-state index in [1.54, 1.807) is 0 Å². The number of piperidine rings is 1. The van der Waals surface area contributed by atoms with E-state index in [4.69, 9.17) is 5.73 Å². The van der Waals surface area contributed by atoms with E-state index in [2.05, 4.69) is 54.2 Å². The zero-order valence-corrected chi connectivity index (χ0v) is 14.2. The fourth-order valence-electron chi connectivity index (χ4n) is 3.22. The van der Waals surface area contributed by atoms with Crippen LogP contribution < -0.4 is 11.1 Å². The molecule has 3 N–H and O–H groups in total. The molecular weight excluding hydrogens is 272 g/mol. The second kappa shape index (κ2) is 8.18. The molecule has 2 rings (SSSR count). The van der Waals surface area contributed by atoms with Crippen LogP contribution >= 0.6 is 0 Å². The van der Waals surface area contributed by atoms with Gasteiger partial charge in [0, 0.05) is 18.8 Å². The fraction of sp³-hybridized carbons (Fsp3) is 0.611. The summed E-state index contributed by atoms with van der Waals surface area (Å²) in [5.74, 6) is 1.35. The first kappa shape index (κ1) is 16.8. The maximum Gasteiger partial charge on any atom is 0.193 e. The molecule has 1 aromatic carbocycles. The summed E-state index contributed by atoms with van der Waals surface area (Å²) < 4.78 is 0. The van der Waals surface area contributed by atoms with Gasteiger partial charge in [-0.1, -0.05) is 13.0 Å². The van der Waals surface area contributed by atoms with Gasteiger partial charge in [0.15, 0.2) is 5.96 Å². The van der Waals surface area contributed by atoms with Crippen molar-refractivity contribution in [1.82, 2.24) is 4.90 Å². The number of rotatable bonds is 5. The van der Waals surface area contributed by atoms with Gasteiger partial charge >= 0.3 is 0 Å². The van der Waals surface area contributed by atoms with Crippen molar-refractivity contribution < 1.29 is 0 Å². The SMILES string of the molecule is Cc1cc(C)cc(NC(N)=NCCCN2CCCC(C)C2)c1. The summed E-state index contributed by atoms with van der Waals surface area (Å²) in [5, 5.41) is 3.18. The number of nitrogens with zero attached hydrogens (tertiary/aromatic N) is 2. The molecule has 4 heteroatoms. The minimum Gasteiger partial charge on any atom is -0.370 e. The fourth-order valence-corrected chi connectivity index (χ4v) is 3.22. The highest BCUT2D eigenvalue weighted by molar-refractivity contribution is 5.92. The van der Waals surface area contributed by atoms with Crippen LogP contribution in [-0.4, -0.2) is 37.0 Å². The number of aliphatic imine (C=N–C) groups is 1. The van der Waals surface area contributed by atoms with E-state index < -0.39 is 0 Å². The lowest BCUT2D eigenvalue weighted by atomic mass is 10.0. The van der Waals surface area contributed by atoms with E-state index in [0.29, 0.717) is 5.96 Å². The number of guanidine groups is 1. The quantitative estimate of drug-likeness (QED) is 0.499. The Morgan fingerprint density at radius 1 is 1.32 bits per heavy atom. The predicted molar refractivity (Wildman–Crippen MR) is 95.5 cm³/mol. The summed E-state index contributed by atoms with van der Waals surface area (Å²) in [6, 6.07) is 6.33. The van der Waals surface area contributed by atoms with E-state index in [1.807, 2.05) is 0 Å². The molecule has 0 saturated carbocycles. The number of anilines is 1. The molecule has 1 unspecified atom stereocenters. The summed E-state index contributed by atoms with van der Waals surface area (Å²) in [6.07, 6.45) is 3.78. The second-order valence-corrected chi connectivity index (χ2v) is 6.67. The normalized spacial score (nSPS) is 20.1. The highest BCUT2D eigenvalue weighted by Crippen LogP contribution is 2.15. The third-order valence-electron chi connectivity index (χ3n) is 4.15. The molecular formula is C18H30N4. The van der Waals surface area contributed by atoms with Gasteiger partial charge < -0.3 is 16.0 Å². The van der Waals surface area contributed by atoms with Crippen LogP contribution in [0.1, 0.15) is 37.3 Å². The lowest BCUT2D eigenvalue weighted by molar-refractivity contribution is 0.183. The van der Waals surface area contributed by atoms with Crippen LogP contribution in [0.2, 0.25) is 0 Å². The number of aryl methyl sites for hydroxylation is 2. The van der Waals surface area contributed by atoms with Gasteiger partial charge in [0.25, 0.3) is 0 Å². The Bertz CT molecular complexity index is 490. The van der Waals surface area contributed by atoms with Crippen LogP contribution in [0.4, 0.5) is 5.69 Å². The molecule has 1 heterocycles. The van der Waals surface area contributed by atoms with Gasteiger partial charge in [0.1, 0.15) is 0 Å². The molecule has 4 nitrogen and oxygen atoms in total. The van der Waals surface area contributed by atoms with Gasteiger partial charge in [-0.25, -0.2) is 0 Å². The molecule has 1 aliphatic rings. The average molecular weight is 302 g/mol. The zero-order chi connectivity index (χ0) is 15.9. The Balaban J connectivity index is 1.73. The lowest BCUT2D eigenvalue weighted by Crippen LogP contribution is -2.35. The highest BCUT2D eigenvalue weighted by Gasteiger charge is 2.15. The molecule has 0 bridgehead atoms. The van der Waals surface area contributed by atoms with Crippen LogP contribution in [0.15, 0.2) is 23.2 Å². The molecule has 0 aromatic heterocycles. The van der Waals surface area contributed by atoms with Gasteiger partial charge in [0.2, 0.25) is 0 Å². The zero-order valence-electron chi connectivity index (χ0n) is 14.2. The van der Waals surface area contributed by atoms with E-state index in [9.17, 15) is 0 Å². The van der Waals surface area contributed by atoms with E-state index in [0.717, 1.165) is 31.1 Å². The van der Waals surface area contributed by atoms with E-state index in [-0.39, 0.29) is 0 Å². The smallest absolute Gasteiger partial charge is 0.193 e. The Morgan fingerprint density at radius 3 is 2.73 bits per heavy atom. The molecule has 122 valence electrons. The van der Waals surface area contributed by atoms with Crippen molar-refractivity contribution >= 4 is 11.6 Å². The Labute approximate surface area is 134 Å². The first-order chi connectivity index (χ1) is 10.5. The van der Waals surface area contributed by atoms with Crippen LogP contribution in [0, 0.1) is 19.8 Å². The third kappa shape index (κ3) is 5.68. The second-order valence-electron chi connectivity index (χ2n) is 6.67. The summed E-state index contributed by atoms with van der Waals surface area (Å²) in [4.78, 5) is 6.99. The largest absolute Gasteiger partial charge is 0.370 e. The number of nitrogens with one attached hydrogen (secondary N) is 1. The summed E-state index contributed by atoms with van der Waals surface area (Å²) in [6.45, 7) is 10.9. The first-order valence-electron chi connectivity index (χ1n) is 8.40.